The summed E-state index contributed by atoms with van der Waals surface area (Å²) >= 11 is 5.09. The number of nitrogens with one attached hydrogen (secondary N) is 1. The molecule has 3 N–H and O–H groups in total. The summed E-state index contributed by atoms with van der Waals surface area (Å²) in [4.78, 5) is 19.0. The molecule has 0 aliphatic heterocycles. The van der Waals surface area contributed by atoms with Crippen molar-refractivity contribution < 1.29 is 19.4 Å². The minimum atomic E-state index is -1.20. The molecular weight excluding hydrogens is 334 g/mol. The highest BCUT2D eigenvalue weighted by Crippen LogP contribution is 2.22. The monoisotopic (exact) mass is 345 g/mol. The van der Waals surface area contributed by atoms with Crippen LogP contribution in [0.3, 0.4) is 0 Å². The number of nitrogens with zero attached hydrogens (tertiary/aromatic N) is 4. The first-order valence-corrected chi connectivity index (χ1v) is 7.10. The van der Waals surface area contributed by atoms with Crippen molar-refractivity contribution in [2.24, 2.45) is 0 Å². The van der Waals surface area contributed by atoms with Gasteiger partial charge in [-0.15, -0.1) is 5.10 Å². The SMILES string of the molecule is O=C(O)c1ccc(NCn2nc(-c3cnccn3)oc2=S)cc1O. The van der Waals surface area contributed by atoms with E-state index in [0.29, 0.717) is 11.4 Å². The van der Waals surface area contributed by atoms with Gasteiger partial charge in [-0.2, -0.15) is 0 Å². The largest absolute Gasteiger partial charge is 0.507 e. The molecule has 24 heavy (non-hydrogen) atoms. The van der Waals surface area contributed by atoms with E-state index < -0.39 is 5.97 Å². The summed E-state index contributed by atoms with van der Waals surface area (Å²) in [5.74, 6) is -1.30. The van der Waals surface area contributed by atoms with Crippen LogP contribution in [0.25, 0.3) is 11.6 Å². The van der Waals surface area contributed by atoms with Crippen molar-refractivity contribution in [3.8, 4) is 17.3 Å². The number of aromatic hydroxyl groups is 1. The molecule has 0 saturated carbocycles. The summed E-state index contributed by atoms with van der Waals surface area (Å²) in [6.07, 6.45) is 4.54. The molecule has 9 nitrogen and oxygen atoms in total. The van der Waals surface area contributed by atoms with Gasteiger partial charge in [0.05, 0.1) is 6.20 Å². The number of hydrogen-bond donors (Lipinski definition) is 3. The predicted octanol–water partition coefficient (Wildman–Crippen LogP) is 2.14. The summed E-state index contributed by atoms with van der Waals surface area (Å²) in [7, 11) is 0. The molecule has 3 aromatic rings. The Labute approximate surface area is 140 Å². The van der Waals surface area contributed by atoms with Gasteiger partial charge < -0.3 is 19.9 Å². The van der Waals surface area contributed by atoms with Crippen LogP contribution in [0.4, 0.5) is 5.69 Å². The maximum atomic E-state index is 10.9. The lowest BCUT2D eigenvalue weighted by atomic mass is 10.2. The maximum Gasteiger partial charge on any atom is 0.339 e. The molecule has 0 radical (unpaired) electrons. The number of carboxylic acids is 1. The van der Waals surface area contributed by atoms with Crippen LogP contribution >= 0.6 is 12.2 Å². The molecule has 0 unspecified atom stereocenters. The van der Waals surface area contributed by atoms with E-state index in [9.17, 15) is 9.90 Å². The van der Waals surface area contributed by atoms with E-state index >= 15 is 0 Å². The smallest absolute Gasteiger partial charge is 0.339 e. The summed E-state index contributed by atoms with van der Waals surface area (Å²) < 4.78 is 6.75. The van der Waals surface area contributed by atoms with E-state index in [-0.39, 0.29) is 28.7 Å². The summed E-state index contributed by atoms with van der Waals surface area (Å²) in [5, 5.41) is 25.7. The molecule has 0 aliphatic rings. The van der Waals surface area contributed by atoms with Crippen molar-refractivity contribution in [1.82, 2.24) is 19.7 Å². The van der Waals surface area contributed by atoms with Crippen LogP contribution in [0.15, 0.2) is 41.2 Å². The lowest BCUT2D eigenvalue weighted by Gasteiger charge is -2.07. The zero-order chi connectivity index (χ0) is 17.1. The number of aromatic nitrogens is 4. The third kappa shape index (κ3) is 3.22. The fourth-order valence-electron chi connectivity index (χ4n) is 1.91. The molecule has 10 heteroatoms. The topological polar surface area (TPSA) is 126 Å². The molecule has 0 bridgehead atoms. The van der Waals surface area contributed by atoms with Crippen molar-refractivity contribution >= 4 is 23.9 Å². The summed E-state index contributed by atoms with van der Waals surface area (Å²) in [5.41, 5.74) is 0.776. The molecule has 0 aliphatic carbocycles. The third-order valence-electron chi connectivity index (χ3n) is 3.05. The minimum Gasteiger partial charge on any atom is -0.507 e. The number of carboxylic acid groups (broad SMARTS) is 1. The highest BCUT2D eigenvalue weighted by molar-refractivity contribution is 7.71. The highest BCUT2D eigenvalue weighted by atomic mass is 32.1. The number of hydrogen-bond acceptors (Lipinski definition) is 8. The van der Waals surface area contributed by atoms with Crippen LogP contribution in [-0.4, -0.2) is 35.9 Å². The van der Waals surface area contributed by atoms with Crippen LogP contribution in [0.5, 0.6) is 5.75 Å². The van der Waals surface area contributed by atoms with Crippen LogP contribution in [0.2, 0.25) is 0 Å². The Morgan fingerprint density at radius 2 is 2.21 bits per heavy atom. The molecule has 2 aromatic heterocycles. The van der Waals surface area contributed by atoms with Gasteiger partial charge in [-0.25, -0.2) is 14.5 Å². The molecule has 3 rings (SSSR count). The van der Waals surface area contributed by atoms with Gasteiger partial charge in [-0.1, -0.05) is 0 Å². The first kappa shape index (κ1) is 15.6. The third-order valence-corrected chi connectivity index (χ3v) is 3.34. The second kappa shape index (κ2) is 6.46. The Kier molecular flexibility index (Phi) is 4.20. The molecule has 0 saturated heterocycles. The molecule has 0 spiro atoms. The van der Waals surface area contributed by atoms with Crippen molar-refractivity contribution in [2.75, 3.05) is 5.32 Å². The van der Waals surface area contributed by atoms with Crippen molar-refractivity contribution in [3.63, 3.8) is 0 Å². The molecule has 2 heterocycles. The fraction of sp³-hybridized carbons (Fsp3) is 0.0714. The normalized spacial score (nSPS) is 10.5. The number of benzene rings is 1. The quantitative estimate of drug-likeness (QED) is 0.596. The number of phenols is 1. The van der Waals surface area contributed by atoms with E-state index in [1.54, 1.807) is 0 Å². The Balaban J connectivity index is 1.76. The number of anilines is 1. The Morgan fingerprint density at radius 3 is 2.88 bits per heavy atom. The van der Waals surface area contributed by atoms with Crippen LogP contribution < -0.4 is 5.32 Å². The first-order valence-electron chi connectivity index (χ1n) is 6.69. The standard InChI is InChI=1S/C14H11N5O4S/c20-11-5-8(1-2-9(11)13(21)22)17-7-19-14(24)23-12(18-19)10-6-15-3-4-16-10/h1-6,17,20H,7H2,(H,21,22). The number of rotatable bonds is 5. The van der Waals surface area contributed by atoms with Gasteiger partial charge in [-0.05, 0) is 24.4 Å². The van der Waals surface area contributed by atoms with Crippen LogP contribution in [0.1, 0.15) is 10.4 Å². The molecule has 0 amide bonds. The Morgan fingerprint density at radius 1 is 1.38 bits per heavy atom. The first-order chi connectivity index (χ1) is 11.5. The molecular formula is C14H11N5O4S. The van der Waals surface area contributed by atoms with Gasteiger partial charge in [0, 0.05) is 24.1 Å². The minimum absolute atomic E-state index is 0.134. The zero-order valence-corrected chi connectivity index (χ0v) is 12.9. The van der Waals surface area contributed by atoms with E-state index in [2.05, 4.69) is 20.4 Å². The van der Waals surface area contributed by atoms with E-state index in [4.69, 9.17) is 21.7 Å². The van der Waals surface area contributed by atoms with E-state index in [1.165, 1.54) is 41.5 Å². The average molecular weight is 345 g/mol. The van der Waals surface area contributed by atoms with Gasteiger partial charge in [0.2, 0.25) is 0 Å². The second-order valence-corrected chi connectivity index (χ2v) is 4.98. The maximum absolute atomic E-state index is 10.9. The lowest BCUT2D eigenvalue weighted by molar-refractivity contribution is 0.0694. The molecule has 122 valence electrons. The Hall–Kier alpha value is -3.27. The summed E-state index contributed by atoms with van der Waals surface area (Å²) in [6.45, 7) is 0.161. The van der Waals surface area contributed by atoms with Gasteiger partial charge in [0.15, 0.2) is 0 Å². The fourth-order valence-corrected chi connectivity index (χ4v) is 2.09. The van der Waals surface area contributed by atoms with Crippen LogP contribution in [0, 0.1) is 4.84 Å². The zero-order valence-electron chi connectivity index (χ0n) is 12.1. The highest BCUT2D eigenvalue weighted by Gasteiger charge is 2.11. The van der Waals surface area contributed by atoms with Gasteiger partial charge >= 0.3 is 5.97 Å². The predicted molar refractivity (Wildman–Crippen MR) is 85.0 cm³/mol. The summed E-state index contributed by atoms with van der Waals surface area (Å²) in [6, 6.07) is 4.13. The number of carbonyl (C=O) groups is 1. The average Bonchev–Trinajstić information content (AvgIpc) is 2.94. The van der Waals surface area contributed by atoms with Crippen molar-refractivity contribution in [1.29, 1.82) is 0 Å². The van der Waals surface area contributed by atoms with Crippen molar-refractivity contribution in [2.45, 2.75) is 6.67 Å². The lowest BCUT2D eigenvalue weighted by Crippen LogP contribution is -2.10. The Bertz CT molecular complexity index is 938. The van der Waals surface area contributed by atoms with Gasteiger partial charge in [-0.3, -0.25) is 4.98 Å². The molecule has 1 aromatic carbocycles. The molecule has 0 fully saturated rings. The van der Waals surface area contributed by atoms with E-state index in [0.717, 1.165) is 0 Å². The van der Waals surface area contributed by atoms with Gasteiger partial charge in [0.25, 0.3) is 10.7 Å². The van der Waals surface area contributed by atoms with Gasteiger partial charge in [0.1, 0.15) is 23.7 Å². The van der Waals surface area contributed by atoms with Crippen LogP contribution in [-0.2, 0) is 6.67 Å². The van der Waals surface area contributed by atoms with Crippen molar-refractivity contribution in [3.05, 3.63) is 47.2 Å². The second-order valence-electron chi connectivity index (χ2n) is 4.64. The van der Waals surface area contributed by atoms with E-state index in [1.807, 2.05) is 0 Å². The molecule has 0 atom stereocenters. The number of aromatic carboxylic acids is 1.